The summed E-state index contributed by atoms with van der Waals surface area (Å²) in [6, 6.07) is 8.09. The van der Waals surface area contributed by atoms with Crippen LogP contribution in [0.15, 0.2) is 23.8 Å². The fourth-order valence-electron chi connectivity index (χ4n) is 1.70. The van der Waals surface area contributed by atoms with Gasteiger partial charge in [0.25, 0.3) is 0 Å². The van der Waals surface area contributed by atoms with E-state index in [1.165, 1.54) is 16.7 Å². The minimum Gasteiger partial charge on any atom is -0.192 e. The van der Waals surface area contributed by atoms with E-state index in [2.05, 4.69) is 19.1 Å². The van der Waals surface area contributed by atoms with Gasteiger partial charge in [-0.25, -0.2) is 0 Å². The lowest BCUT2D eigenvalue weighted by Gasteiger charge is -2.13. The fraction of sp³-hybridized carbons (Fsp3) is 0.250. The highest BCUT2D eigenvalue weighted by molar-refractivity contribution is 5.60. The van der Waals surface area contributed by atoms with E-state index in [1.54, 1.807) is 0 Å². The van der Waals surface area contributed by atoms with Crippen LogP contribution in [-0.2, 0) is 6.42 Å². The zero-order valence-corrected chi connectivity index (χ0v) is 7.67. The van der Waals surface area contributed by atoms with Gasteiger partial charge >= 0.3 is 0 Å². The predicted molar refractivity (Wildman–Crippen MR) is 53.1 cm³/mol. The molecule has 0 radical (unpaired) electrons. The molecule has 1 aliphatic carbocycles. The molecule has 1 aromatic rings. The van der Waals surface area contributed by atoms with Crippen LogP contribution in [0.1, 0.15) is 30.0 Å². The minimum absolute atomic E-state index is 0.770. The standard InChI is InChI=1S/C12H11N/c1-9-2-4-12-7-10(8-13)3-5-11(12)6-9/h3,5-7H,2,4H2,1H3. The number of nitrogens with zero attached hydrogens (tertiary/aromatic N) is 1. The molecule has 2 rings (SSSR count). The molecule has 1 nitrogen and oxygen atoms in total. The third-order valence-corrected chi connectivity index (χ3v) is 2.46. The molecular weight excluding hydrogens is 158 g/mol. The topological polar surface area (TPSA) is 23.8 Å². The number of hydrogen-bond acceptors (Lipinski definition) is 1. The quantitative estimate of drug-likeness (QED) is 0.585. The molecule has 0 fully saturated rings. The van der Waals surface area contributed by atoms with Crippen LogP contribution < -0.4 is 0 Å². The SMILES string of the molecule is CC1=Cc2ccc(C#N)cc2CC1. The van der Waals surface area contributed by atoms with Gasteiger partial charge in [-0.3, -0.25) is 0 Å². The summed E-state index contributed by atoms with van der Waals surface area (Å²) in [5.74, 6) is 0. The van der Waals surface area contributed by atoms with E-state index in [9.17, 15) is 0 Å². The van der Waals surface area contributed by atoms with E-state index < -0.39 is 0 Å². The summed E-state index contributed by atoms with van der Waals surface area (Å²) in [5, 5.41) is 8.73. The first-order valence-corrected chi connectivity index (χ1v) is 4.50. The second-order valence-corrected chi connectivity index (χ2v) is 3.52. The Balaban J connectivity index is 2.51. The molecule has 0 spiro atoms. The first-order valence-electron chi connectivity index (χ1n) is 4.50. The Morgan fingerprint density at radius 3 is 2.92 bits per heavy atom. The van der Waals surface area contributed by atoms with Gasteiger partial charge in [0.05, 0.1) is 11.6 Å². The highest BCUT2D eigenvalue weighted by Crippen LogP contribution is 2.24. The van der Waals surface area contributed by atoms with E-state index >= 15 is 0 Å². The van der Waals surface area contributed by atoms with Gasteiger partial charge in [0.15, 0.2) is 0 Å². The summed E-state index contributed by atoms with van der Waals surface area (Å²) in [5.41, 5.74) is 4.79. The van der Waals surface area contributed by atoms with Crippen molar-refractivity contribution in [3.63, 3.8) is 0 Å². The summed E-state index contributed by atoms with van der Waals surface area (Å²) in [4.78, 5) is 0. The number of fused-ring (bicyclic) bond motifs is 1. The molecule has 0 saturated heterocycles. The number of nitriles is 1. The van der Waals surface area contributed by atoms with E-state index in [4.69, 9.17) is 5.26 Å². The maximum absolute atomic E-state index is 8.73. The molecule has 0 N–H and O–H groups in total. The zero-order valence-electron chi connectivity index (χ0n) is 7.67. The van der Waals surface area contributed by atoms with Crippen molar-refractivity contribution in [2.24, 2.45) is 0 Å². The molecule has 13 heavy (non-hydrogen) atoms. The van der Waals surface area contributed by atoms with Gasteiger partial charge in [0.1, 0.15) is 0 Å². The molecule has 64 valence electrons. The Labute approximate surface area is 78.3 Å². The summed E-state index contributed by atoms with van der Waals surface area (Å²) < 4.78 is 0. The lowest BCUT2D eigenvalue weighted by atomic mass is 9.92. The molecular formula is C12H11N. The van der Waals surface area contributed by atoms with Crippen molar-refractivity contribution in [1.82, 2.24) is 0 Å². The molecule has 0 bridgehead atoms. The molecule has 1 aliphatic rings. The fourth-order valence-corrected chi connectivity index (χ4v) is 1.70. The van der Waals surface area contributed by atoms with Crippen LogP contribution in [0.4, 0.5) is 0 Å². The van der Waals surface area contributed by atoms with Gasteiger partial charge in [0.2, 0.25) is 0 Å². The van der Waals surface area contributed by atoms with Crippen molar-refractivity contribution in [1.29, 1.82) is 5.26 Å². The normalized spacial score (nSPS) is 14.3. The van der Waals surface area contributed by atoms with Crippen LogP contribution in [0, 0.1) is 11.3 Å². The number of benzene rings is 1. The molecule has 0 saturated carbocycles. The lowest BCUT2D eigenvalue weighted by molar-refractivity contribution is 0.927. The van der Waals surface area contributed by atoms with Crippen molar-refractivity contribution in [3.8, 4) is 6.07 Å². The summed E-state index contributed by atoms with van der Waals surface area (Å²) in [6.45, 7) is 2.15. The first-order chi connectivity index (χ1) is 6.29. The molecule has 0 heterocycles. The van der Waals surface area contributed by atoms with E-state index in [1.807, 2.05) is 18.2 Å². The Hall–Kier alpha value is -1.55. The van der Waals surface area contributed by atoms with Crippen molar-refractivity contribution < 1.29 is 0 Å². The summed E-state index contributed by atoms with van der Waals surface area (Å²) in [6.07, 6.45) is 4.41. The van der Waals surface area contributed by atoms with E-state index in [-0.39, 0.29) is 0 Å². The molecule has 0 unspecified atom stereocenters. The molecule has 0 aromatic heterocycles. The average Bonchev–Trinajstić information content (AvgIpc) is 2.17. The second kappa shape index (κ2) is 3.06. The molecule has 0 aliphatic heterocycles. The second-order valence-electron chi connectivity index (χ2n) is 3.52. The van der Waals surface area contributed by atoms with Gasteiger partial charge in [-0.2, -0.15) is 5.26 Å². The summed E-state index contributed by atoms with van der Waals surface area (Å²) >= 11 is 0. The van der Waals surface area contributed by atoms with E-state index in [0.29, 0.717) is 0 Å². The smallest absolute Gasteiger partial charge is 0.0991 e. The van der Waals surface area contributed by atoms with Gasteiger partial charge < -0.3 is 0 Å². The molecule has 1 heteroatoms. The highest BCUT2D eigenvalue weighted by Gasteiger charge is 2.07. The van der Waals surface area contributed by atoms with Crippen LogP contribution in [0.3, 0.4) is 0 Å². The Bertz CT molecular complexity index is 408. The number of aryl methyl sites for hydroxylation is 1. The van der Waals surface area contributed by atoms with Gasteiger partial charge in [0, 0.05) is 0 Å². The predicted octanol–water partition coefficient (Wildman–Crippen LogP) is 2.91. The van der Waals surface area contributed by atoms with Crippen molar-refractivity contribution in [2.75, 3.05) is 0 Å². The molecule has 0 atom stereocenters. The van der Waals surface area contributed by atoms with Gasteiger partial charge in [-0.05, 0) is 43.0 Å². The molecule has 0 amide bonds. The first kappa shape index (κ1) is 8.07. The number of allylic oxidation sites excluding steroid dienone is 1. The van der Waals surface area contributed by atoms with Crippen molar-refractivity contribution >= 4 is 6.08 Å². The number of rotatable bonds is 0. The third kappa shape index (κ3) is 1.48. The van der Waals surface area contributed by atoms with Crippen LogP contribution in [-0.4, -0.2) is 0 Å². The van der Waals surface area contributed by atoms with E-state index in [0.717, 1.165) is 18.4 Å². The lowest BCUT2D eigenvalue weighted by Crippen LogP contribution is -1.97. The third-order valence-electron chi connectivity index (χ3n) is 2.46. The van der Waals surface area contributed by atoms with Crippen LogP contribution in [0.2, 0.25) is 0 Å². The Morgan fingerprint density at radius 1 is 1.31 bits per heavy atom. The Kier molecular flexibility index (Phi) is 1.90. The highest BCUT2D eigenvalue weighted by atomic mass is 14.2. The van der Waals surface area contributed by atoms with Gasteiger partial charge in [-0.1, -0.05) is 17.7 Å². The van der Waals surface area contributed by atoms with Crippen molar-refractivity contribution in [2.45, 2.75) is 19.8 Å². The van der Waals surface area contributed by atoms with Crippen LogP contribution in [0.5, 0.6) is 0 Å². The maximum atomic E-state index is 8.73. The zero-order chi connectivity index (χ0) is 9.26. The monoisotopic (exact) mass is 169 g/mol. The van der Waals surface area contributed by atoms with Gasteiger partial charge in [-0.15, -0.1) is 0 Å². The maximum Gasteiger partial charge on any atom is 0.0991 e. The average molecular weight is 169 g/mol. The summed E-state index contributed by atoms with van der Waals surface area (Å²) in [7, 11) is 0. The van der Waals surface area contributed by atoms with Crippen LogP contribution in [0.25, 0.3) is 6.08 Å². The molecule has 1 aromatic carbocycles. The van der Waals surface area contributed by atoms with Crippen molar-refractivity contribution in [3.05, 3.63) is 40.5 Å². The van der Waals surface area contributed by atoms with Crippen LogP contribution >= 0.6 is 0 Å². The minimum atomic E-state index is 0.770. The largest absolute Gasteiger partial charge is 0.192 e. The number of hydrogen-bond donors (Lipinski definition) is 0. The Morgan fingerprint density at radius 2 is 2.15 bits per heavy atom.